The summed E-state index contributed by atoms with van der Waals surface area (Å²) in [6, 6.07) is 9.18. The first-order valence-corrected chi connectivity index (χ1v) is 7.42. The molecular weight excluding hydrogens is 282 g/mol. The molecule has 0 aliphatic rings. The second-order valence-corrected chi connectivity index (χ2v) is 4.96. The number of ether oxygens (including phenoxy) is 1. The van der Waals surface area contributed by atoms with E-state index in [1.54, 1.807) is 7.11 Å². The quantitative estimate of drug-likeness (QED) is 0.553. The van der Waals surface area contributed by atoms with Gasteiger partial charge in [-0.15, -0.1) is 0 Å². The molecular formula is C16H25N3O3. The molecule has 1 aromatic rings. The molecule has 2 amide bonds. The standard InChI is InChI=1S/C16H25N3O3/c1-13(20)19-15(14-6-4-3-5-7-14)12-16(21)18-9-8-17-10-11-22-2/h3-7,15,17H,8-12H2,1-2H3,(H,18,21)(H,19,20). The van der Waals surface area contributed by atoms with Crippen molar-refractivity contribution in [2.75, 3.05) is 33.4 Å². The van der Waals surface area contributed by atoms with Gasteiger partial charge in [-0.25, -0.2) is 0 Å². The molecule has 6 nitrogen and oxygen atoms in total. The Morgan fingerprint density at radius 3 is 2.50 bits per heavy atom. The van der Waals surface area contributed by atoms with Gasteiger partial charge in [0.05, 0.1) is 19.1 Å². The Balaban J connectivity index is 2.38. The molecule has 6 heteroatoms. The van der Waals surface area contributed by atoms with Crippen molar-refractivity contribution in [1.29, 1.82) is 0 Å². The summed E-state index contributed by atoms with van der Waals surface area (Å²) in [7, 11) is 1.65. The summed E-state index contributed by atoms with van der Waals surface area (Å²) >= 11 is 0. The number of carbonyl (C=O) groups is 2. The largest absolute Gasteiger partial charge is 0.383 e. The van der Waals surface area contributed by atoms with Gasteiger partial charge in [0.15, 0.2) is 0 Å². The molecule has 3 N–H and O–H groups in total. The summed E-state index contributed by atoms with van der Waals surface area (Å²) in [6.45, 7) is 4.08. The molecule has 0 spiro atoms. The van der Waals surface area contributed by atoms with Crippen LogP contribution in [0.5, 0.6) is 0 Å². The van der Waals surface area contributed by atoms with Crippen molar-refractivity contribution in [2.45, 2.75) is 19.4 Å². The van der Waals surface area contributed by atoms with Crippen LogP contribution in [0.3, 0.4) is 0 Å². The first-order chi connectivity index (χ1) is 10.6. The Bertz CT molecular complexity index is 451. The van der Waals surface area contributed by atoms with Gasteiger partial charge < -0.3 is 20.7 Å². The number of rotatable bonds is 10. The molecule has 122 valence electrons. The Hall–Kier alpha value is -1.92. The molecule has 0 heterocycles. The first kappa shape index (κ1) is 18.1. The van der Waals surface area contributed by atoms with Gasteiger partial charge in [-0.3, -0.25) is 9.59 Å². The lowest BCUT2D eigenvalue weighted by atomic mass is 10.0. The van der Waals surface area contributed by atoms with Crippen LogP contribution in [0.15, 0.2) is 30.3 Å². The zero-order valence-corrected chi connectivity index (χ0v) is 13.2. The van der Waals surface area contributed by atoms with Crippen molar-refractivity contribution in [3.63, 3.8) is 0 Å². The van der Waals surface area contributed by atoms with Crippen molar-refractivity contribution in [3.8, 4) is 0 Å². The third-order valence-corrected chi connectivity index (χ3v) is 3.08. The van der Waals surface area contributed by atoms with Crippen LogP contribution in [0.4, 0.5) is 0 Å². The summed E-state index contributed by atoms with van der Waals surface area (Å²) in [5, 5.41) is 8.80. The smallest absolute Gasteiger partial charge is 0.222 e. The molecule has 0 aliphatic carbocycles. The summed E-state index contributed by atoms with van der Waals surface area (Å²) in [6.07, 6.45) is 0.224. The van der Waals surface area contributed by atoms with Gasteiger partial charge in [-0.1, -0.05) is 30.3 Å². The van der Waals surface area contributed by atoms with E-state index in [9.17, 15) is 9.59 Å². The molecule has 1 rings (SSSR count). The van der Waals surface area contributed by atoms with Crippen LogP contribution in [0.25, 0.3) is 0 Å². The topological polar surface area (TPSA) is 79.5 Å². The average Bonchev–Trinajstić information content (AvgIpc) is 2.50. The van der Waals surface area contributed by atoms with Crippen LogP contribution < -0.4 is 16.0 Å². The van der Waals surface area contributed by atoms with Gasteiger partial charge in [0.25, 0.3) is 0 Å². The van der Waals surface area contributed by atoms with Gasteiger partial charge in [0.1, 0.15) is 0 Å². The molecule has 0 saturated heterocycles. The second kappa shape index (κ2) is 10.8. The van der Waals surface area contributed by atoms with E-state index in [4.69, 9.17) is 4.74 Å². The van der Waals surface area contributed by atoms with Gasteiger partial charge in [-0.05, 0) is 5.56 Å². The zero-order chi connectivity index (χ0) is 16.2. The highest BCUT2D eigenvalue weighted by atomic mass is 16.5. The molecule has 22 heavy (non-hydrogen) atoms. The SMILES string of the molecule is COCCNCCNC(=O)CC(NC(C)=O)c1ccccc1. The molecule has 0 saturated carbocycles. The summed E-state index contributed by atoms with van der Waals surface area (Å²) in [5.74, 6) is -0.237. The molecule has 1 unspecified atom stereocenters. The summed E-state index contributed by atoms with van der Waals surface area (Å²) in [5.41, 5.74) is 0.922. The van der Waals surface area contributed by atoms with Crippen molar-refractivity contribution >= 4 is 11.8 Å². The maximum absolute atomic E-state index is 12.0. The predicted molar refractivity (Wildman–Crippen MR) is 85.4 cm³/mol. The van der Waals surface area contributed by atoms with Gasteiger partial charge in [-0.2, -0.15) is 0 Å². The normalized spacial score (nSPS) is 11.7. The van der Waals surface area contributed by atoms with Gasteiger partial charge in [0.2, 0.25) is 11.8 Å². The van der Waals surface area contributed by atoms with E-state index in [0.29, 0.717) is 19.7 Å². The van der Waals surface area contributed by atoms with Crippen LogP contribution in [0.1, 0.15) is 24.9 Å². The number of methoxy groups -OCH3 is 1. The van der Waals surface area contributed by atoms with Crippen molar-refractivity contribution in [3.05, 3.63) is 35.9 Å². The number of carbonyl (C=O) groups excluding carboxylic acids is 2. The Kier molecular flexibility index (Phi) is 8.86. The monoisotopic (exact) mass is 307 g/mol. The van der Waals surface area contributed by atoms with E-state index in [-0.39, 0.29) is 24.3 Å². The lowest BCUT2D eigenvalue weighted by molar-refractivity contribution is -0.122. The van der Waals surface area contributed by atoms with Crippen molar-refractivity contribution in [2.24, 2.45) is 0 Å². The Labute approximate surface area is 131 Å². The molecule has 1 aromatic carbocycles. The van der Waals surface area contributed by atoms with Gasteiger partial charge >= 0.3 is 0 Å². The number of hydrogen-bond donors (Lipinski definition) is 3. The lowest BCUT2D eigenvalue weighted by Crippen LogP contribution is -2.36. The minimum absolute atomic E-state index is 0.0869. The van der Waals surface area contributed by atoms with E-state index in [1.165, 1.54) is 6.92 Å². The Morgan fingerprint density at radius 1 is 1.14 bits per heavy atom. The van der Waals surface area contributed by atoms with Gasteiger partial charge in [0, 0.05) is 33.7 Å². The third kappa shape index (κ3) is 7.75. The fourth-order valence-corrected chi connectivity index (χ4v) is 2.03. The maximum Gasteiger partial charge on any atom is 0.222 e. The second-order valence-electron chi connectivity index (χ2n) is 4.96. The van der Waals surface area contributed by atoms with Crippen LogP contribution in [-0.4, -0.2) is 45.2 Å². The third-order valence-electron chi connectivity index (χ3n) is 3.08. The highest BCUT2D eigenvalue weighted by Crippen LogP contribution is 2.16. The molecule has 1 atom stereocenters. The maximum atomic E-state index is 12.0. The predicted octanol–water partition coefficient (Wildman–Crippen LogP) is 0.606. The fraction of sp³-hybridized carbons (Fsp3) is 0.500. The summed E-state index contributed by atoms with van der Waals surface area (Å²) in [4.78, 5) is 23.3. The van der Waals surface area contributed by atoms with Crippen LogP contribution in [0.2, 0.25) is 0 Å². The number of benzene rings is 1. The highest BCUT2D eigenvalue weighted by molar-refractivity contribution is 5.79. The first-order valence-electron chi connectivity index (χ1n) is 7.42. The molecule has 0 aliphatic heterocycles. The number of hydrogen-bond acceptors (Lipinski definition) is 4. The zero-order valence-electron chi connectivity index (χ0n) is 13.2. The molecule has 0 bridgehead atoms. The molecule has 0 radical (unpaired) electrons. The van der Waals surface area contributed by atoms with Crippen LogP contribution >= 0.6 is 0 Å². The van der Waals surface area contributed by atoms with E-state index in [1.807, 2.05) is 30.3 Å². The van der Waals surface area contributed by atoms with Crippen molar-refractivity contribution in [1.82, 2.24) is 16.0 Å². The van der Waals surface area contributed by atoms with Crippen LogP contribution in [0, 0.1) is 0 Å². The van der Waals surface area contributed by atoms with E-state index < -0.39 is 0 Å². The van der Waals surface area contributed by atoms with E-state index in [2.05, 4.69) is 16.0 Å². The molecule has 0 fully saturated rings. The van der Waals surface area contributed by atoms with Crippen molar-refractivity contribution < 1.29 is 14.3 Å². The number of nitrogens with one attached hydrogen (secondary N) is 3. The Morgan fingerprint density at radius 2 is 1.86 bits per heavy atom. The molecule has 0 aromatic heterocycles. The summed E-state index contributed by atoms with van der Waals surface area (Å²) < 4.78 is 4.92. The minimum atomic E-state index is -0.305. The van der Waals surface area contributed by atoms with Crippen LogP contribution in [-0.2, 0) is 14.3 Å². The fourth-order valence-electron chi connectivity index (χ4n) is 2.03. The number of amides is 2. The lowest BCUT2D eigenvalue weighted by Gasteiger charge is -2.18. The minimum Gasteiger partial charge on any atom is -0.383 e. The average molecular weight is 307 g/mol. The highest BCUT2D eigenvalue weighted by Gasteiger charge is 2.16. The van der Waals surface area contributed by atoms with E-state index in [0.717, 1.165) is 12.1 Å². The van der Waals surface area contributed by atoms with E-state index >= 15 is 0 Å².